The molecule has 1 aromatic heterocycles. The molecule has 0 bridgehead atoms. The predicted octanol–water partition coefficient (Wildman–Crippen LogP) is 2.15. The monoisotopic (exact) mass is 465 g/mol. The number of hydrogen-bond donors (Lipinski definition) is 2. The maximum atomic E-state index is 13.1. The van der Waals surface area contributed by atoms with E-state index >= 15 is 0 Å². The van der Waals surface area contributed by atoms with Crippen LogP contribution in [0.2, 0.25) is 0 Å². The summed E-state index contributed by atoms with van der Waals surface area (Å²) >= 11 is 1.10. The molecule has 1 aromatic rings. The van der Waals surface area contributed by atoms with Gasteiger partial charge in [-0.1, -0.05) is 20.8 Å². The van der Waals surface area contributed by atoms with E-state index < -0.39 is 48.5 Å². The van der Waals surface area contributed by atoms with E-state index in [4.69, 9.17) is 4.74 Å². The highest BCUT2D eigenvalue weighted by atomic mass is 32.1. The minimum absolute atomic E-state index is 0.125. The number of nitrogens with zero attached hydrogens (tertiary/aromatic N) is 1. The van der Waals surface area contributed by atoms with Gasteiger partial charge in [-0.25, -0.2) is 9.59 Å². The summed E-state index contributed by atoms with van der Waals surface area (Å²) < 4.78 is 9.57. The molecule has 1 saturated heterocycles. The summed E-state index contributed by atoms with van der Waals surface area (Å²) in [6.07, 6.45) is 1.95. The average Bonchev–Trinajstić information content (AvgIpc) is 3.22. The molecule has 174 valence electrons. The Morgan fingerprint density at radius 1 is 1.28 bits per heavy atom. The standard InChI is InChI=1S/C21H27N3O7S/c1-12-7-20(2,3)11-21(8-12)18(28)24(19(29)23-21)9-15(26)31-10-14(25)22-13-5-6-32-16(13)17(27)30-4/h5-6,12H,7-11H2,1-4H3,(H,22,25)(H,23,29). The van der Waals surface area contributed by atoms with Crippen molar-refractivity contribution in [3.8, 4) is 0 Å². The Kier molecular flexibility index (Phi) is 6.59. The van der Waals surface area contributed by atoms with Crippen molar-refractivity contribution in [1.29, 1.82) is 0 Å². The number of imide groups is 1. The maximum Gasteiger partial charge on any atom is 0.350 e. The lowest BCUT2D eigenvalue weighted by atomic mass is 9.64. The van der Waals surface area contributed by atoms with Gasteiger partial charge in [0.05, 0.1) is 12.8 Å². The third-order valence-electron chi connectivity index (χ3n) is 5.59. The number of thiophene rings is 1. The fourth-order valence-corrected chi connectivity index (χ4v) is 5.58. The minimum atomic E-state index is -1.01. The summed E-state index contributed by atoms with van der Waals surface area (Å²) in [4.78, 5) is 62.6. The molecular formula is C21H27N3O7S. The summed E-state index contributed by atoms with van der Waals surface area (Å²) in [6, 6.07) is 0.887. The second-order valence-corrected chi connectivity index (χ2v) is 10.0. The number of amides is 4. The Morgan fingerprint density at radius 3 is 2.66 bits per heavy atom. The zero-order valence-electron chi connectivity index (χ0n) is 18.5. The first-order valence-electron chi connectivity index (χ1n) is 10.2. The predicted molar refractivity (Wildman–Crippen MR) is 115 cm³/mol. The van der Waals surface area contributed by atoms with Gasteiger partial charge in [-0.3, -0.25) is 19.3 Å². The van der Waals surface area contributed by atoms with Crippen LogP contribution in [-0.4, -0.2) is 60.5 Å². The lowest BCUT2D eigenvalue weighted by Crippen LogP contribution is -2.54. The van der Waals surface area contributed by atoms with Crippen LogP contribution >= 0.6 is 11.3 Å². The fraction of sp³-hybridized carbons (Fsp3) is 0.571. The van der Waals surface area contributed by atoms with E-state index in [-0.39, 0.29) is 21.9 Å². The molecule has 2 fully saturated rings. The van der Waals surface area contributed by atoms with Gasteiger partial charge in [-0.15, -0.1) is 11.3 Å². The van der Waals surface area contributed by atoms with Crippen molar-refractivity contribution in [2.75, 3.05) is 25.6 Å². The first kappa shape index (κ1) is 23.7. The van der Waals surface area contributed by atoms with E-state index in [9.17, 15) is 24.0 Å². The first-order chi connectivity index (χ1) is 15.0. The summed E-state index contributed by atoms with van der Waals surface area (Å²) in [5.41, 5.74) is -0.896. The molecule has 4 amide bonds. The highest BCUT2D eigenvalue weighted by Crippen LogP contribution is 2.46. The number of carbonyl (C=O) groups excluding carboxylic acids is 5. The Morgan fingerprint density at radius 2 is 2.00 bits per heavy atom. The minimum Gasteiger partial charge on any atom is -0.465 e. The van der Waals surface area contributed by atoms with E-state index in [1.54, 1.807) is 5.38 Å². The molecule has 1 saturated carbocycles. The van der Waals surface area contributed by atoms with Crippen LogP contribution in [0.15, 0.2) is 11.4 Å². The third-order valence-corrected chi connectivity index (χ3v) is 6.48. The Labute approximate surface area is 189 Å². The van der Waals surface area contributed by atoms with Crippen LogP contribution in [0.3, 0.4) is 0 Å². The van der Waals surface area contributed by atoms with Gasteiger partial charge in [-0.2, -0.15) is 0 Å². The van der Waals surface area contributed by atoms with Gasteiger partial charge in [0.25, 0.3) is 11.8 Å². The highest BCUT2D eigenvalue weighted by molar-refractivity contribution is 7.12. The Hall–Kier alpha value is -2.95. The molecule has 1 aliphatic carbocycles. The third kappa shape index (κ3) is 4.93. The molecule has 3 rings (SSSR count). The number of nitrogens with one attached hydrogen (secondary N) is 2. The number of ether oxygens (including phenoxy) is 2. The van der Waals surface area contributed by atoms with Crippen molar-refractivity contribution in [1.82, 2.24) is 10.2 Å². The quantitative estimate of drug-likeness (QED) is 0.486. The van der Waals surface area contributed by atoms with Gasteiger partial charge >= 0.3 is 18.0 Å². The van der Waals surface area contributed by atoms with Crippen molar-refractivity contribution < 1.29 is 33.4 Å². The molecule has 1 aliphatic heterocycles. The number of methoxy groups -OCH3 is 1. The van der Waals surface area contributed by atoms with Gasteiger partial charge in [0, 0.05) is 0 Å². The van der Waals surface area contributed by atoms with E-state index in [1.807, 2.05) is 6.92 Å². The van der Waals surface area contributed by atoms with Crippen molar-refractivity contribution >= 4 is 46.8 Å². The highest BCUT2D eigenvalue weighted by Gasteiger charge is 2.56. The van der Waals surface area contributed by atoms with E-state index in [2.05, 4.69) is 29.2 Å². The summed E-state index contributed by atoms with van der Waals surface area (Å²) in [7, 11) is 1.23. The second kappa shape index (κ2) is 8.89. The lowest BCUT2D eigenvalue weighted by Gasteiger charge is -2.43. The Balaban J connectivity index is 1.56. The SMILES string of the molecule is COC(=O)c1sccc1NC(=O)COC(=O)CN1C(=O)NC2(CC(C)CC(C)(C)C2)C1=O. The maximum absolute atomic E-state index is 13.1. The Bertz CT molecular complexity index is 957. The van der Waals surface area contributed by atoms with Crippen LogP contribution in [0, 0.1) is 11.3 Å². The molecule has 32 heavy (non-hydrogen) atoms. The smallest absolute Gasteiger partial charge is 0.350 e. The molecule has 2 N–H and O–H groups in total. The molecule has 0 radical (unpaired) electrons. The van der Waals surface area contributed by atoms with Crippen LogP contribution in [0.25, 0.3) is 0 Å². The molecule has 2 unspecified atom stereocenters. The molecular weight excluding hydrogens is 438 g/mol. The number of esters is 2. The van der Waals surface area contributed by atoms with Crippen LogP contribution in [0.1, 0.15) is 49.7 Å². The van der Waals surface area contributed by atoms with Crippen LogP contribution in [-0.2, 0) is 23.9 Å². The molecule has 1 spiro atoms. The second-order valence-electron chi connectivity index (χ2n) is 9.12. The largest absolute Gasteiger partial charge is 0.465 e. The normalized spacial score (nSPS) is 24.2. The average molecular weight is 466 g/mol. The number of hydrogen-bond acceptors (Lipinski definition) is 8. The van der Waals surface area contributed by atoms with Gasteiger partial charge in [0.1, 0.15) is 17.0 Å². The van der Waals surface area contributed by atoms with Gasteiger partial charge < -0.3 is 20.1 Å². The van der Waals surface area contributed by atoms with Crippen molar-refractivity contribution in [2.45, 2.75) is 45.6 Å². The van der Waals surface area contributed by atoms with Crippen LogP contribution in [0.5, 0.6) is 0 Å². The van der Waals surface area contributed by atoms with Crippen molar-refractivity contribution in [2.24, 2.45) is 11.3 Å². The summed E-state index contributed by atoms with van der Waals surface area (Å²) in [6.45, 7) is 4.93. The van der Waals surface area contributed by atoms with E-state index in [1.165, 1.54) is 13.2 Å². The molecule has 2 atom stereocenters. The number of carbonyl (C=O) groups is 5. The van der Waals surface area contributed by atoms with Crippen molar-refractivity contribution in [3.05, 3.63) is 16.3 Å². The molecule has 2 aliphatic rings. The van der Waals surface area contributed by atoms with Crippen LogP contribution < -0.4 is 10.6 Å². The van der Waals surface area contributed by atoms with Crippen LogP contribution in [0.4, 0.5) is 10.5 Å². The lowest BCUT2D eigenvalue weighted by molar-refractivity contribution is -0.150. The van der Waals surface area contributed by atoms with Gasteiger partial charge in [0.15, 0.2) is 6.61 Å². The number of rotatable bonds is 6. The first-order valence-corrected chi connectivity index (χ1v) is 11.1. The zero-order valence-corrected chi connectivity index (χ0v) is 19.3. The zero-order chi connectivity index (χ0) is 23.7. The van der Waals surface area contributed by atoms with Gasteiger partial charge in [0.2, 0.25) is 0 Å². The number of urea groups is 1. The molecule has 2 heterocycles. The molecule has 0 aromatic carbocycles. The van der Waals surface area contributed by atoms with E-state index in [0.29, 0.717) is 12.8 Å². The van der Waals surface area contributed by atoms with E-state index in [0.717, 1.165) is 22.7 Å². The number of anilines is 1. The molecule has 11 heteroatoms. The van der Waals surface area contributed by atoms with Crippen molar-refractivity contribution in [3.63, 3.8) is 0 Å². The fourth-order valence-electron chi connectivity index (χ4n) is 4.82. The molecule has 10 nitrogen and oxygen atoms in total. The van der Waals surface area contributed by atoms with Gasteiger partial charge in [-0.05, 0) is 42.0 Å². The topological polar surface area (TPSA) is 131 Å². The summed E-state index contributed by atoms with van der Waals surface area (Å²) in [5, 5.41) is 6.86. The summed E-state index contributed by atoms with van der Waals surface area (Å²) in [5.74, 6) is -2.35.